The van der Waals surface area contributed by atoms with Crippen LogP contribution in [0.2, 0.25) is 0 Å². The first kappa shape index (κ1) is 29.8. The number of pyridine rings is 5. The second-order valence-corrected chi connectivity index (χ2v) is 12.9. The summed E-state index contributed by atoms with van der Waals surface area (Å²) in [5.41, 5.74) is 11.3. The summed E-state index contributed by atoms with van der Waals surface area (Å²) in [5, 5.41) is 6.74. The molecule has 0 unspecified atom stereocenters. The third-order valence-electron chi connectivity index (χ3n) is 9.74. The SMILES string of the molecule is c1ccc(-c2ccc3ccc4ccc(-c5cccc6cc7c(-c8cc(-c9ccccn9)nc(-c9ccccn9)c8)cccc7cc56)nc4c3n2)cc1. The van der Waals surface area contributed by atoms with Crippen molar-refractivity contribution in [2.75, 3.05) is 0 Å². The largest absolute Gasteiger partial charge is 0.255 e. The zero-order chi connectivity index (χ0) is 34.4. The Morgan fingerprint density at radius 3 is 1.44 bits per heavy atom. The molecule has 5 aromatic heterocycles. The van der Waals surface area contributed by atoms with Gasteiger partial charge in [-0.2, -0.15) is 0 Å². The van der Waals surface area contributed by atoms with Crippen molar-refractivity contribution in [1.29, 1.82) is 0 Å². The average Bonchev–Trinajstić information content (AvgIpc) is 3.23. The summed E-state index contributed by atoms with van der Waals surface area (Å²) in [4.78, 5) is 24.7. The zero-order valence-corrected chi connectivity index (χ0v) is 28.0. The molecule has 0 bridgehead atoms. The molecule has 5 nitrogen and oxygen atoms in total. The van der Waals surface area contributed by atoms with Gasteiger partial charge in [0.25, 0.3) is 0 Å². The summed E-state index contributed by atoms with van der Waals surface area (Å²) < 4.78 is 0. The Morgan fingerprint density at radius 1 is 0.288 bits per heavy atom. The van der Waals surface area contributed by atoms with Gasteiger partial charge in [0.1, 0.15) is 0 Å². The Labute approximate surface area is 300 Å². The van der Waals surface area contributed by atoms with Crippen LogP contribution in [-0.2, 0) is 0 Å². The molecule has 0 amide bonds. The van der Waals surface area contributed by atoms with E-state index in [9.17, 15) is 0 Å². The standard InChI is InChI=1S/C47H29N5/c1-2-10-30(11-3-1)40-22-20-31-18-19-32-21-23-41(52-47(32)46(31)51-40)37-15-9-13-34-26-38-33(27-39(34)37)12-8-14-36(38)35-28-44(42-16-4-6-24-48-42)50-45(29-35)43-17-5-7-25-49-43/h1-29H. The smallest absolute Gasteiger partial charge is 0.0972 e. The van der Waals surface area contributed by atoms with E-state index < -0.39 is 0 Å². The van der Waals surface area contributed by atoms with Crippen LogP contribution < -0.4 is 0 Å². The van der Waals surface area contributed by atoms with Crippen molar-refractivity contribution in [2.24, 2.45) is 0 Å². The lowest BCUT2D eigenvalue weighted by molar-refractivity contribution is 1.22. The fourth-order valence-electron chi connectivity index (χ4n) is 7.19. The van der Waals surface area contributed by atoms with Crippen molar-refractivity contribution in [3.8, 4) is 56.4 Å². The fourth-order valence-corrected chi connectivity index (χ4v) is 7.19. The normalized spacial score (nSPS) is 11.5. The molecule has 10 rings (SSSR count). The molecule has 0 spiro atoms. The Bertz CT molecular complexity index is 2890. The molecule has 52 heavy (non-hydrogen) atoms. The maximum Gasteiger partial charge on any atom is 0.0972 e. The zero-order valence-electron chi connectivity index (χ0n) is 28.0. The van der Waals surface area contributed by atoms with E-state index in [0.717, 1.165) is 99.8 Å². The van der Waals surface area contributed by atoms with Gasteiger partial charge >= 0.3 is 0 Å². The van der Waals surface area contributed by atoms with Crippen LogP contribution in [-0.4, -0.2) is 24.9 Å². The molecule has 0 atom stereocenters. The first-order valence-electron chi connectivity index (χ1n) is 17.3. The predicted molar refractivity (Wildman–Crippen MR) is 213 cm³/mol. The number of benzene rings is 5. The van der Waals surface area contributed by atoms with Gasteiger partial charge in [0.15, 0.2) is 0 Å². The lowest BCUT2D eigenvalue weighted by Gasteiger charge is -2.14. The first-order chi connectivity index (χ1) is 25.7. The fraction of sp³-hybridized carbons (Fsp3) is 0. The highest BCUT2D eigenvalue weighted by atomic mass is 14.8. The third kappa shape index (κ3) is 5.24. The maximum absolute atomic E-state index is 5.30. The van der Waals surface area contributed by atoms with E-state index in [1.807, 2.05) is 54.6 Å². The lowest BCUT2D eigenvalue weighted by Crippen LogP contribution is -1.94. The van der Waals surface area contributed by atoms with Crippen molar-refractivity contribution in [1.82, 2.24) is 24.9 Å². The molecule has 242 valence electrons. The predicted octanol–water partition coefficient (Wildman–Crippen LogP) is 11.6. The average molecular weight is 664 g/mol. The second kappa shape index (κ2) is 12.3. The van der Waals surface area contributed by atoms with Crippen molar-refractivity contribution in [3.63, 3.8) is 0 Å². The summed E-state index contributed by atoms with van der Waals surface area (Å²) in [6.45, 7) is 0. The Hall–Kier alpha value is -7.11. The van der Waals surface area contributed by atoms with Gasteiger partial charge < -0.3 is 0 Å². The minimum absolute atomic E-state index is 0.805. The van der Waals surface area contributed by atoms with Gasteiger partial charge in [-0.1, -0.05) is 103 Å². The molecule has 0 fully saturated rings. The quantitative estimate of drug-likeness (QED) is 0.135. The van der Waals surface area contributed by atoms with Crippen molar-refractivity contribution >= 4 is 43.4 Å². The van der Waals surface area contributed by atoms with Gasteiger partial charge in [-0.15, -0.1) is 0 Å². The third-order valence-corrected chi connectivity index (χ3v) is 9.74. The molecule has 5 heteroatoms. The summed E-state index contributed by atoms with van der Waals surface area (Å²) in [6, 6.07) is 56.7. The van der Waals surface area contributed by atoms with Crippen molar-refractivity contribution in [2.45, 2.75) is 0 Å². The summed E-state index contributed by atoms with van der Waals surface area (Å²) in [7, 11) is 0. The van der Waals surface area contributed by atoms with E-state index in [1.54, 1.807) is 12.4 Å². The van der Waals surface area contributed by atoms with E-state index in [0.29, 0.717) is 0 Å². The highest BCUT2D eigenvalue weighted by Crippen LogP contribution is 2.38. The van der Waals surface area contributed by atoms with Crippen LogP contribution in [0.3, 0.4) is 0 Å². The van der Waals surface area contributed by atoms with E-state index in [1.165, 1.54) is 0 Å². The summed E-state index contributed by atoms with van der Waals surface area (Å²) >= 11 is 0. The van der Waals surface area contributed by atoms with Gasteiger partial charge in [0.05, 0.1) is 45.2 Å². The van der Waals surface area contributed by atoms with Crippen LogP contribution >= 0.6 is 0 Å². The molecular formula is C47H29N5. The maximum atomic E-state index is 5.30. The molecule has 0 saturated heterocycles. The molecule has 0 aliphatic rings. The molecule has 0 aliphatic heterocycles. The lowest BCUT2D eigenvalue weighted by atomic mass is 9.92. The van der Waals surface area contributed by atoms with Gasteiger partial charge in [-0.25, -0.2) is 15.0 Å². The van der Waals surface area contributed by atoms with E-state index in [-0.39, 0.29) is 0 Å². The van der Waals surface area contributed by atoms with Gasteiger partial charge in [0, 0.05) is 34.3 Å². The van der Waals surface area contributed by atoms with Crippen LogP contribution in [0.1, 0.15) is 0 Å². The Morgan fingerprint density at radius 2 is 0.827 bits per heavy atom. The van der Waals surface area contributed by atoms with Crippen LogP contribution in [0.25, 0.3) is 99.8 Å². The van der Waals surface area contributed by atoms with E-state index in [4.69, 9.17) is 15.0 Å². The number of aromatic nitrogens is 5. The second-order valence-electron chi connectivity index (χ2n) is 12.9. The number of fused-ring (bicyclic) bond motifs is 5. The van der Waals surface area contributed by atoms with Crippen LogP contribution in [0.5, 0.6) is 0 Å². The topological polar surface area (TPSA) is 64.5 Å². The van der Waals surface area contributed by atoms with Gasteiger partial charge in [0.2, 0.25) is 0 Å². The number of nitrogens with zero attached hydrogens (tertiary/aromatic N) is 5. The minimum Gasteiger partial charge on any atom is -0.255 e. The number of hydrogen-bond acceptors (Lipinski definition) is 5. The van der Waals surface area contributed by atoms with Crippen LogP contribution in [0.15, 0.2) is 176 Å². The molecular weight excluding hydrogens is 635 g/mol. The highest BCUT2D eigenvalue weighted by Gasteiger charge is 2.15. The van der Waals surface area contributed by atoms with Crippen LogP contribution in [0.4, 0.5) is 0 Å². The summed E-state index contributed by atoms with van der Waals surface area (Å²) in [5.74, 6) is 0. The number of hydrogen-bond donors (Lipinski definition) is 0. The van der Waals surface area contributed by atoms with E-state index >= 15 is 0 Å². The monoisotopic (exact) mass is 663 g/mol. The molecule has 5 aromatic carbocycles. The first-order valence-corrected chi connectivity index (χ1v) is 17.3. The Kier molecular flexibility index (Phi) is 7.07. The van der Waals surface area contributed by atoms with Gasteiger partial charge in [-0.05, 0) is 93.3 Å². The van der Waals surface area contributed by atoms with Crippen molar-refractivity contribution < 1.29 is 0 Å². The van der Waals surface area contributed by atoms with Crippen LogP contribution in [0, 0.1) is 0 Å². The molecule has 0 N–H and O–H groups in total. The Balaban J connectivity index is 1.13. The molecule has 0 aliphatic carbocycles. The number of rotatable bonds is 5. The molecule has 5 heterocycles. The molecule has 10 aromatic rings. The summed E-state index contributed by atoms with van der Waals surface area (Å²) in [6.07, 6.45) is 3.61. The highest BCUT2D eigenvalue weighted by molar-refractivity contribution is 6.10. The molecule has 0 radical (unpaired) electrons. The molecule has 0 saturated carbocycles. The van der Waals surface area contributed by atoms with Crippen molar-refractivity contribution in [3.05, 3.63) is 176 Å². The van der Waals surface area contributed by atoms with E-state index in [2.05, 4.69) is 119 Å². The minimum atomic E-state index is 0.805. The van der Waals surface area contributed by atoms with Gasteiger partial charge in [-0.3, -0.25) is 9.97 Å².